The third-order valence-electron chi connectivity index (χ3n) is 7.18. The van der Waals surface area contributed by atoms with Crippen LogP contribution in [0.25, 0.3) is 0 Å². The van der Waals surface area contributed by atoms with E-state index in [1.165, 1.54) is 0 Å². The Morgan fingerprint density at radius 1 is 1.04 bits per heavy atom. The maximum absolute atomic E-state index is 13.1. The Bertz CT molecular complexity index is 737. The van der Waals surface area contributed by atoms with Crippen LogP contribution in [-0.4, -0.2) is 46.0 Å². The van der Waals surface area contributed by atoms with Crippen molar-refractivity contribution in [2.45, 2.75) is 94.3 Å². The predicted octanol–water partition coefficient (Wildman–Crippen LogP) is 2.32. The van der Waals surface area contributed by atoms with E-state index in [1.54, 1.807) is 6.07 Å². The lowest BCUT2D eigenvalue weighted by Gasteiger charge is -2.41. The van der Waals surface area contributed by atoms with Gasteiger partial charge >= 0.3 is 0 Å². The number of nitrogens with zero attached hydrogens (tertiary/aromatic N) is 2. The summed E-state index contributed by atoms with van der Waals surface area (Å²) in [4.78, 5) is 27.8. The maximum Gasteiger partial charge on any atom is 0.273 e. The molecule has 28 heavy (non-hydrogen) atoms. The van der Waals surface area contributed by atoms with Gasteiger partial charge in [-0.1, -0.05) is 5.16 Å². The highest BCUT2D eigenvalue weighted by Crippen LogP contribution is 2.41. The Morgan fingerprint density at radius 2 is 1.71 bits per heavy atom. The smallest absolute Gasteiger partial charge is 0.273 e. The number of nitrogens with one attached hydrogen (secondary N) is 1. The Hall–Kier alpha value is -1.89. The van der Waals surface area contributed by atoms with Crippen molar-refractivity contribution < 1.29 is 14.1 Å². The number of hydrogen-bond acceptors (Lipinski definition) is 5. The molecule has 4 fully saturated rings. The van der Waals surface area contributed by atoms with Crippen LogP contribution in [-0.2, 0) is 4.79 Å². The van der Waals surface area contributed by atoms with Crippen LogP contribution in [0.1, 0.15) is 86.4 Å². The second-order valence-corrected chi connectivity index (χ2v) is 9.27. The molecule has 2 bridgehead atoms. The van der Waals surface area contributed by atoms with Gasteiger partial charge in [0.15, 0.2) is 5.69 Å². The molecule has 2 aliphatic heterocycles. The van der Waals surface area contributed by atoms with Gasteiger partial charge in [-0.3, -0.25) is 9.59 Å². The lowest BCUT2D eigenvalue weighted by Crippen LogP contribution is -2.54. The van der Waals surface area contributed by atoms with Crippen LogP contribution < -0.4 is 11.1 Å². The molecular formula is C21H30N4O3. The van der Waals surface area contributed by atoms with Crippen molar-refractivity contribution in [3.63, 3.8) is 0 Å². The number of nitrogens with two attached hydrogens (primary N) is 1. The molecule has 2 aliphatic carbocycles. The second kappa shape index (κ2) is 7.17. The molecule has 4 aliphatic rings. The van der Waals surface area contributed by atoms with Gasteiger partial charge in [-0.15, -0.1) is 0 Å². The van der Waals surface area contributed by atoms with E-state index in [0.29, 0.717) is 17.5 Å². The van der Waals surface area contributed by atoms with Gasteiger partial charge in [-0.25, -0.2) is 0 Å². The van der Waals surface area contributed by atoms with Gasteiger partial charge in [0.25, 0.3) is 5.91 Å². The van der Waals surface area contributed by atoms with Crippen molar-refractivity contribution in [3.8, 4) is 0 Å². The van der Waals surface area contributed by atoms with E-state index in [9.17, 15) is 9.59 Å². The van der Waals surface area contributed by atoms with Gasteiger partial charge in [0.05, 0.1) is 0 Å². The summed E-state index contributed by atoms with van der Waals surface area (Å²) >= 11 is 0. The van der Waals surface area contributed by atoms with Crippen molar-refractivity contribution in [2.75, 3.05) is 0 Å². The van der Waals surface area contributed by atoms with Gasteiger partial charge in [0, 0.05) is 42.1 Å². The summed E-state index contributed by atoms with van der Waals surface area (Å²) in [6, 6.07) is 2.67. The number of piperidine rings is 1. The van der Waals surface area contributed by atoms with E-state index in [2.05, 4.69) is 15.4 Å². The summed E-state index contributed by atoms with van der Waals surface area (Å²) in [5.41, 5.74) is 6.38. The molecule has 1 unspecified atom stereocenters. The van der Waals surface area contributed by atoms with E-state index in [1.807, 2.05) is 0 Å². The zero-order chi connectivity index (χ0) is 19.3. The SMILES string of the molecule is NC1CCC(C(=O)N2[C@@H]3CC[C@H]2CC(NC(=O)c2cc(C4CC4)on2)C3)CC1. The summed E-state index contributed by atoms with van der Waals surface area (Å²) < 4.78 is 5.30. The van der Waals surface area contributed by atoms with E-state index in [0.717, 1.165) is 70.0 Å². The third-order valence-corrected chi connectivity index (χ3v) is 7.18. The van der Waals surface area contributed by atoms with Gasteiger partial charge in [0.2, 0.25) is 5.91 Å². The van der Waals surface area contributed by atoms with Gasteiger partial charge in [-0.05, 0) is 64.2 Å². The molecule has 0 aromatic carbocycles. The predicted molar refractivity (Wildman–Crippen MR) is 103 cm³/mol. The molecule has 3 heterocycles. The summed E-state index contributed by atoms with van der Waals surface area (Å²) in [5, 5.41) is 7.08. The number of amides is 2. The lowest BCUT2D eigenvalue weighted by atomic mass is 9.84. The zero-order valence-electron chi connectivity index (χ0n) is 16.3. The van der Waals surface area contributed by atoms with E-state index >= 15 is 0 Å². The Balaban J connectivity index is 1.19. The molecule has 152 valence electrons. The Kier molecular flexibility index (Phi) is 4.65. The van der Waals surface area contributed by atoms with Crippen LogP contribution in [0.2, 0.25) is 0 Å². The first-order valence-electron chi connectivity index (χ1n) is 10.9. The minimum absolute atomic E-state index is 0.106. The normalized spacial score (nSPS) is 35.0. The highest BCUT2D eigenvalue weighted by Gasteiger charge is 2.45. The topological polar surface area (TPSA) is 101 Å². The van der Waals surface area contributed by atoms with Gasteiger partial charge in [-0.2, -0.15) is 0 Å². The van der Waals surface area contributed by atoms with Crippen molar-refractivity contribution in [3.05, 3.63) is 17.5 Å². The number of aromatic nitrogens is 1. The summed E-state index contributed by atoms with van der Waals surface area (Å²) in [7, 11) is 0. The summed E-state index contributed by atoms with van der Waals surface area (Å²) in [5.74, 6) is 1.60. The standard InChI is InChI=1S/C21H30N4O3/c22-14-5-3-13(4-6-14)21(27)25-16-7-8-17(25)10-15(9-16)23-20(26)18-11-19(28-24-18)12-1-2-12/h11-17H,1-10,22H2,(H,23,26)/t13?,14?,15?,16-,17+. The molecule has 5 rings (SSSR count). The minimum Gasteiger partial charge on any atom is -0.360 e. The van der Waals surface area contributed by atoms with Crippen LogP contribution in [0.4, 0.5) is 0 Å². The number of fused-ring (bicyclic) bond motifs is 2. The monoisotopic (exact) mass is 386 g/mol. The van der Waals surface area contributed by atoms with E-state index in [4.69, 9.17) is 10.3 Å². The quantitative estimate of drug-likeness (QED) is 0.827. The molecule has 1 aromatic rings. The third kappa shape index (κ3) is 3.45. The Morgan fingerprint density at radius 3 is 2.36 bits per heavy atom. The number of rotatable bonds is 4. The van der Waals surface area contributed by atoms with Crippen LogP contribution in [0.15, 0.2) is 10.6 Å². The molecule has 1 aromatic heterocycles. The van der Waals surface area contributed by atoms with Crippen LogP contribution in [0.5, 0.6) is 0 Å². The second-order valence-electron chi connectivity index (χ2n) is 9.27. The van der Waals surface area contributed by atoms with Gasteiger partial charge in [0.1, 0.15) is 5.76 Å². The van der Waals surface area contributed by atoms with Crippen molar-refractivity contribution in [1.29, 1.82) is 0 Å². The fourth-order valence-corrected chi connectivity index (χ4v) is 5.45. The molecule has 3 N–H and O–H groups in total. The fraction of sp³-hybridized carbons (Fsp3) is 0.762. The average molecular weight is 386 g/mol. The molecule has 2 amide bonds. The van der Waals surface area contributed by atoms with E-state index in [-0.39, 0.29) is 36.0 Å². The van der Waals surface area contributed by atoms with Crippen molar-refractivity contribution in [2.24, 2.45) is 11.7 Å². The first-order valence-corrected chi connectivity index (χ1v) is 10.9. The first kappa shape index (κ1) is 18.2. The summed E-state index contributed by atoms with van der Waals surface area (Å²) in [6.45, 7) is 0. The fourth-order valence-electron chi connectivity index (χ4n) is 5.45. The lowest BCUT2D eigenvalue weighted by molar-refractivity contribution is -0.141. The van der Waals surface area contributed by atoms with Crippen LogP contribution >= 0.6 is 0 Å². The molecule has 0 radical (unpaired) electrons. The minimum atomic E-state index is -0.152. The molecule has 2 saturated carbocycles. The molecular weight excluding hydrogens is 356 g/mol. The molecule has 7 nitrogen and oxygen atoms in total. The first-order chi connectivity index (χ1) is 13.6. The number of carbonyl (C=O) groups is 2. The van der Waals surface area contributed by atoms with Crippen LogP contribution in [0.3, 0.4) is 0 Å². The number of carbonyl (C=O) groups excluding carboxylic acids is 2. The molecule has 7 heteroatoms. The highest BCUT2D eigenvalue weighted by molar-refractivity contribution is 5.92. The van der Waals surface area contributed by atoms with E-state index < -0.39 is 0 Å². The highest BCUT2D eigenvalue weighted by atomic mass is 16.5. The zero-order valence-corrected chi connectivity index (χ0v) is 16.3. The Labute approximate surface area is 165 Å². The van der Waals surface area contributed by atoms with Crippen molar-refractivity contribution in [1.82, 2.24) is 15.4 Å². The van der Waals surface area contributed by atoms with Crippen molar-refractivity contribution >= 4 is 11.8 Å². The average Bonchev–Trinajstić information content (AvgIpc) is 3.35. The molecule has 0 spiro atoms. The maximum atomic E-state index is 13.1. The summed E-state index contributed by atoms with van der Waals surface area (Å²) in [6.07, 6.45) is 9.78. The molecule has 2 saturated heterocycles. The van der Waals surface area contributed by atoms with Gasteiger partial charge < -0.3 is 20.5 Å². The largest absolute Gasteiger partial charge is 0.360 e. The molecule has 3 atom stereocenters. The van der Waals surface area contributed by atoms with Crippen LogP contribution in [0, 0.1) is 5.92 Å². The number of hydrogen-bond donors (Lipinski definition) is 2.